The standard InChI is InChI=1S/C13H10F3NO3/c14-13(15,16)11(6-12(18)19)20-9-5-8-3-1-2-4-10(8)17-7-9/h1-5,7,11H,6H2,(H,18,19). The molecule has 1 atom stereocenters. The molecule has 1 N–H and O–H groups in total. The molecule has 0 amide bonds. The fourth-order valence-corrected chi connectivity index (χ4v) is 1.66. The Kier molecular flexibility index (Phi) is 3.78. The first kappa shape index (κ1) is 14.1. The molecule has 0 aliphatic heterocycles. The Morgan fingerprint density at radius 2 is 2.05 bits per heavy atom. The third kappa shape index (κ3) is 3.37. The van der Waals surface area contributed by atoms with E-state index in [1.54, 1.807) is 24.3 Å². The van der Waals surface area contributed by atoms with Gasteiger partial charge in [0, 0.05) is 5.39 Å². The minimum Gasteiger partial charge on any atom is -0.481 e. The Labute approximate surface area is 111 Å². The lowest BCUT2D eigenvalue weighted by molar-refractivity contribution is -0.200. The van der Waals surface area contributed by atoms with Crippen LogP contribution in [0, 0.1) is 0 Å². The molecule has 0 spiro atoms. The van der Waals surface area contributed by atoms with Gasteiger partial charge in [-0.1, -0.05) is 18.2 Å². The molecule has 1 aromatic carbocycles. The van der Waals surface area contributed by atoms with Crippen LogP contribution in [0.1, 0.15) is 6.42 Å². The van der Waals surface area contributed by atoms with Crippen molar-refractivity contribution in [2.75, 3.05) is 0 Å². The van der Waals surface area contributed by atoms with Gasteiger partial charge in [0.05, 0.1) is 18.1 Å². The van der Waals surface area contributed by atoms with E-state index >= 15 is 0 Å². The van der Waals surface area contributed by atoms with Crippen molar-refractivity contribution in [1.82, 2.24) is 4.98 Å². The Balaban J connectivity index is 2.26. The van der Waals surface area contributed by atoms with Gasteiger partial charge in [0.15, 0.2) is 0 Å². The number of para-hydroxylation sites is 1. The van der Waals surface area contributed by atoms with Crippen LogP contribution in [-0.4, -0.2) is 28.3 Å². The van der Waals surface area contributed by atoms with Gasteiger partial charge in [-0.25, -0.2) is 0 Å². The number of carbonyl (C=O) groups is 1. The first-order chi connectivity index (χ1) is 9.36. The van der Waals surface area contributed by atoms with Crippen LogP contribution in [0.4, 0.5) is 13.2 Å². The van der Waals surface area contributed by atoms with E-state index in [2.05, 4.69) is 4.98 Å². The summed E-state index contributed by atoms with van der Waals surface area (Å²) >= 11 is 0. The molecule has 4 nitrogen and oxygen atoms in total. The highest BCUT2D eigenvalue weighted by Gasteiger charge is 2.43. The summed E-state index contributed by atoms with van der Waals surface area (Å²) in [6.07, 6.45) is -7.17. The van der Waals surface area contributed by atoms with E-state index in [9.17, 15) is 18.0 Å². The molecule has 0 bridgehead atoms. The van der Waals surface area contributed by atoms with Gasteiger partial charge in [0.2, 0.25) is 6.10 Å². The average molecular weight is 285 g/mol. The molecule has 1 aromatic heterocycles. The molecule has 20 heavy (non-hydrogen) atoms. The second kappa shape index (κ2) is 5.36. The van der Waals surface area contributed by atoms with Crippen LogP contribution in [0.5, 0.6) is 5.75 Å². The molecule has 1 heterocycles. The summed E-state index contributed by atoms with van der Waals surface area (Å²) in [5.41, 5.74) is 0.613. The molecular formula is C13H10F3NO3. The largest absolute Gasteiger partial charge is 0.481 e. The van der Waals surface area contributed by atoms with Gasteiger partial charge in [0.1, 0.15) is 5.75 Å². The second-order valence-electron chi connectivity index (χ2n) is 4.11. The quantitative estimate of drug-likeness (QED) is 0.938. The Bertz CT molecular complexity index is 628. The van der Waals surface area contributed by atoms with Crippen molar-refractivity contribution in [3.05, 3.63) is 36.5 Å². The van der Waals surface area contributed by atoms with Crippen LogP contribution in [0.2, 0.25) is 0 Å². The van der Waals surface area contributed by atoms with Crippen LogP contribution >= 0.6 is 0 Å². The fraction of sp³-hybridized carbons (Fsp3) is 0.231. The molecule has 2 rings (SSSR count). The minimum atomic E-state index is -4.76. The van der Waals surface area contributed by atoms with E-state index in [0.29, 0.717) is 10.9 Å². The normalized spacial score (nSPS) is 13.2. The summed E-state index contributed by atoms with van der Waals surface area (Å²) in [6, 6.07) is 8.24. The van der Waals surface area contributed by atoms with E-state index in [1.165, 1.54) is 6.07 Å². The highest BCUT2D eigenvalue weighted by atomic mass is 19.4. The molecule has 0 fully saturated rings. The molecular weight excluding hydrogens is 275 g/mol. The molecule has 1 unspecified atom stereocenters. The monoisotopic (exact) mass is 285 g/mol. The van der Waals surface area contributed by atoms with Crippen LogP contribution in [0.25, 0.3) is 10.9 Å². The number of alkyl halides is 3. The van der Waals surface area contributed by atoms with Crippen LogP contribution in [0.15, 0.2) is 36.5 Å². The lowest BCUT2D eigenvalue weighted by Gasteiger charge is -2.20. The zero-order chi connectivity index (χ0) is 14.8. The number of aromatic nitrogens is 1. The molecule has 2 aromatic rings. The first-order valence-corrected chi connectivity index (χ1v) is 5.66. The number of rotatable bonds is 4. The highest BCUT2D eigenvalue weighted by Crippen LogP contribution is 2.28. The van der Waals surface area contributed by atoms with Crippen molar-refractivity contribution in [2.45, 2.75) is 18.7 Å². The Morgan fingerprint density at radius 3 is 2.70 bits per heavy atom. The van der Waals surface area contributed by atoms with Gasteiger partial charge >= 0.3 is 12.1 Å². The molecule has 0 aliphatic carbocycles. The van der Waals surface area contributed by atoms with E-state index in [-0.39, 0.29) is 5.75 Å². The highest BCUT2D eigenvalue weighted by molar-refractivity contribution is 5.79. The molecule has 0 aliphatic rings. The number of hydrogen-bond donors (Lipinski definition) is 1. The number of carboxylic acid groups (broad SMARTS) is 1. The zero-order valence-corrected chi connectivity index (χ0v) is 10.1. The predicted molar refractivity (Wildman–Crippen MR) is 64.5 cm³/mol. The van der Waals surface area contributed by atoms with Crippen molar-refractivity contribution in [3.63, 3.8) is 0 Å². The van der Waals surface area contributed by atoms with Crippen molar-refractivity contribution in [3.8, 4) is 5.75 Å². The molecule has 0 saturated carbocycles. The predicted octanol–water partition coefficient (Wildman–Crippen LogP) is 3.02. The third-order valence-electron chi connectivity index (χ3n) is 2.57. The zero-order valence-electron chi connectivity index (χ0n) is 10.1. The number of halogens is 3. The number of ether oxygens (including phenoxy) is 1. The maximum atomic E-state index is 12.7. The van der Waals surface area contributed by atoms with Crippen LogP contribution < -0.4 is 4.74 Å². The number of nitrogens with zero attached hydrogens (tertiary/aromatic N) is 1. The van der Waals surface area contributed by atoms with E-state index in [4.69, 9.17) is 9.84 Å². The number of hydrogen-bond acceptors (Lipinski definition) is 3. The SMILES string of the molecule is O=C(O)CC(Oc1cnc2ccccc2c1)C(F)(F)F. The number of fused-ring (bicyclic) bond motifs is 1. The number of benzene rings is 1. The lowest BCUT2D eigenvalue weighted by Crippen LogP contribution is -2.36. The van der Waals surface area contributed by atoms with E-state index < -0.39 is 24.7 Å². The van der Waals surface area contributed by atoms with Crippen molar-refractivity contribution in [2.24, 2.45) is 0 Å². The number of pyridine rings is 1. The van der Waals surface area contributed by atoms with Gasteiger partial charge in [-0.15, -0.1) is 0 Å². The smallest absolute Gasteiger partial charge is 0.426 e. The summed E-state index contributed by atoms with van der Waals surface area (Å²) in [4.78, 5) is 14.4. The van der Waals surface area contributed by atoms with Gasteiger partial charge < -0.3 is 9.84 Å². The maximum absolute atomic E-state index is 12.7. The minimum absolute atomic E-state index is 0.118. The average Bonchev–Trinajstić information content (AvgIpc) is 2.36. The Hall–Kier alpha value is -2.31. The summed E-state index contributed by atoms with van der Waals surface area (Å²) in [6.45, 7) is 0. The first-order valence-electron chi connectivity index (χ1n) is 5.66. The summed E-state index contributed by atoms with van der Waals surface area (Å²) in [5.74, 6) is -1.70. The molecule has 0 saturated heterocycles. The number of aliphatic carboxylic acids is 1. The Morgan fingerprint density at radius 1 is 1.35 bits per heavy atom. The summed E-state index contributed by atoms with van der Waals surface area (Å²) in [5, 5.41) is 9.11. The van der Waals surface area contributed by atoms with Gasteiger partial charge in [-0.05, 0) is 12.1 Å². The molecule has 0 radical (unpaired) electrons. The van der Waals surface area contributed by atoms with Gasteiger partial charge in [-0.3, -0.25) is 9.78 Å². The fourth-order valence-electron chi connectivity index (χ4n) is 1.66. The summed E-state index contributed by atoms with van der Waals surface area (Å²) in [7, 11) is 0. The topological polar surface area (TPSA) is 59.4 Å². The van der Waals surface area contributed by atoms with Crippen LogP contribution in [-0.2, 0) is 4.79 Å². The van der Waals surface area contributed by atoms with Crippen molar-refractivity contribution in [1.29, 1.82) is 0 Å². The number of carboxylic acids is 1. The van der Waals surface area contributed by atoms with E-state index in [1.807, 2.05) is 0 Å². The molecule has 7 heteroatoms. The van der Waals surface area contributed by atoms with Gasteiger partial charge in [0.25, 0.3) is 0 Å². The van der Waals surface area contributed by atoms with E-state index in [0.717, 1.165) is 6.20 Å². The summed E-state index contributed by atoms with van der Waals surface area (Å²) < 4.78 is 42.7. The van der Waals surface area contributed by atoms with Crippen molar-refractivity contribution < 1.29 is 27.8 Å². The molecule has 106 valence electrons. The van der Waals surface area contributed by atoms with Crippen molar-refractivity contribution >= 4 is 16.9 Å². The lowest BCUT2D eigenvalue weighted by atomic mass is 10.2. The van der Waals surface area contributed by atoms with Crippen LogP contribution in [0.3, 0.4) is 0 Å². The third-order valence-corrected chi connectivity index (χ3v) is 2.57. The van der Waals surface area contributed by atoms with Gasteiger partial charge in [-0.2, -0.15) is 13.2 Å². The maximum Gasteiger partial charge on any atom is 0.426 e. The second-order valence-corrected chi connectivity index (χ2v) is 4.11.